The van der Waals surface area contributed by atoms with Crippen LogP contribution in [0.3, 0.4) is 0 Å². The Morgan fingerprint density at radius 1 is 1.47 bits per heavy atom. The van der Waals surface area contributed by atoms with Gasteiger partial charge in [-0.3, -0.25) is 0 Å². The van der Waals surface area contributed by atoms with Gasteiger partial charge < -0.3 is 10.1 Å². The van der Waals surface area contributed by atoms with E-state index in [1.165, 1.54) is 0 Å². The van der Waals surface area contributed by atoms with Crippen molar-refractivity contribution >= 4 is 5.65 Å². The third-order valence-corrected chi connectivity index (χ3v) is 2.63. The largest absolute Gasteiger partial charge is 0.383 e. The first-order chi connectivity index (χ1) is 8.33. The van der Waals surface area contributed by atoms with Gasteiger partial charge in [0.2, 0.25) is 0 Å². The van der Waals surface area contributed by atoms with Crippen molar-refractivity contribution < 1.29 is 4.74 Å². The second-order valence-corrected chi connectivity index (χ2v) is 3.97. The first kappa shape index (κ1) is 12.0. The quantitative estimate of drug-likeness (QED) is 0.806. The Morgan fingerprint density at radius 3 is 3.12 bits per heavy atom. The third kappa shape index (κ3) is 3.01. The van der Waals surface area contributed by atoms with E-state index in [-0.39, 0.29) is 0 Å². The number of rotatable bonds is 6. The summed E-state index contributed by atoms with van der Waals surface area (Å²) in [6, 6.07) is 4.21. The second-order valence-electron chi connectivity index (χ2n) is 3.97. The van der Waals surface area contributed by atoms with Crippen LogP contribution in [-0.2, 0) is 11.2 Å². The van der Waals surface area contributed by atoms with Crippen molar-refractivity contribution in [3.63, 3.8) is 0 Å². The van der Waals surface area contributed by atoms with E-state index < -0.39 is 0 Å². The van der Waals surface area contributed by atoms with Gasteiger partial charge in [0.25, 0.3) is 0 Å². The minimum absolute atomic E-state index is 0.308. The molecule has 0 amide bonds. The molecule has 0 aliphatic carbocycles. The molecule has 0 aliphatic heterocycles. The number of likely N-dealkylation sites (N-methyl/N-ethyl adjacent to an activating group) is 1. The maximum absolute atomic E-state index is 5.19. The maximum atomic E-state index is 5.19. The standard InChI is InChI=1S/C12H18N4O/c1-3-13-11(9-17-2)8-10-5-7-16-12(15-10)4-6-14-16/h4-7,11,13H,3,8-9H2,1-2H3. The average molecular weight is 234 g/mol. The Morgan fingerprint density at radius 2 is 2.35 bits per heavy atom. The third-order valence-electron chi connectivity index (χ3n) is 2.63. The zero-order valence-electron chi connectivity index (χ0n) is 10.3. The lowest BCUT2D eigenvalue weighted by Crippen LogP contribution is -2.35. The SMILES string of the molecule is CCNC(COC)Cc1ccn2nccc2n1. The van der Waals surface area contributed by atoms with Gasteiger partial charge in [0.1, 0.15) is 0 Å². The van der Waals surface area contributed by atoms with Gasteiger partial charge in [-0.2, -0.15) is 5.10 Å². The molecule has 1 atom stereocenters. The monoisotopic (exact) mass is 234 g/mol. The van der Waals surface area contributed by atoms with Crippen LogP contribution in [0.15, 0.2) is 24.5 Å². The fourth-order valence-corrected chi connectivity index (χ4v) is 1.90. The Hall–Kier alpha value is -1.46. The van der Waals surface area contributed by atoms with Gasteiger partial charge in [-0.1, -0.05) is 6.92 Å². The number of hydrogen-bond donors (Lipinski definition) is 1. The van der Waals surface area contributed by atoms with Crippen molar-refractivity contribution in [2.24, 2.45) is 0 Å². The van der Waals surface area contributed by atoms with E-state index in [0.717, 1.165) is 24.3 Å². The highest BCUT2D eigenvalue weighted by Gasteiger charge is 2.09. The smallest absolute Gasteiger partial charge is 0.155 e. The van der Waals surface area contributed by atoms with Crippen LogP contribution >= 0.6 is 0 Å². The summed E-state index contributed by atoms with van der Waals surface area (Å²) in [6.45, 7) is 3.72. The zero-order valence-corrected chi connectivity index (χ0v) is 10.3. The Balaban J connectivity index is 2.09. The fourth-order valence-electron chi connectivity index (χ4n) is 1.90. The Kier molecular flexibility index (Phi) is 4.06. The van der Waals surface area contributed by atoms with Crippen molar-refractivity contribution in [3.8, 4) is 0 Å². The summed E-state index contributed by atoms with van der Waals surface area (Å²) in [5, 5.41) is 7.51. The fraction of sp³-hybridized carbons (Fsp3) is 0.500. The lowest BCUT2D eigenvalue weighted by molar-refractivity contribution is 0.166. The minimum Gasteiger partial charge on any atom is -0.383 e. The molecule has 0 aromatic carbocycles. The summed E-state index contributed by atoms with van der Waals surface area (Å²) < 4.78 is 6.96. The van der Waals surface area contributed by atoms with Gasteiger partial charge >= 0.3 is 0 Å². The van der Waals surface area contributed by atoms with Gasteiger partial charge in [0, 0.05) is 37.5 Å². The highest BCUT2D eigenvalue weighted by atomic mass is 16.5. The summed E-state index contributed by atoms with van der Waals surface area (Å²) in [6.07, 6.45) is 4.56. The molecule has 1 N–H and O–H groups in total. The summed E-state index contributed by atoms with van der Waals surface area (Å²) in [5.41, 5.74) is 1.94. The summed E-state index contributed by atoms with van der Waals surface area (Å²) in [5.74, 6) is 0. The van der Waals surface area contributed by atoms with Gasteiger partial charge in [-0.05, 0) is 12.6 Å². The number of aromatic nitrogens is 3. The number of fused-ring (bicyclic) bond motifs is 1. The predicted molar refractivity (Wildman–Crippen MR) is 66.0 cm³/mol. The predicted octanol–water partition coefficient (Wildman–Crippen LogP) is 0.896. The molecule has 0 aliphatic rings. The van der Waals surface area contributed by atoms with Gasteiger partial charge in [0.05, 0.1) is 12.8 Å². The van der Waals surface area contributed by atoms with Gasteiger partial charge in [-0.15, -0.1) is 0 Å². The maximum Gasteiger partial charge on any atom is 0.155 e. The molecule has 0 saturated heterocycles. The molecule has 0 radical (unpaired) electrons. The minimum atomic E-state index is 0.308. The van der Waals surface area contributed by atoms with Gasteiger partial charge in [-0.25, -0.2) is 9.50 Å². The molecule has 92 valence electrons. The van der Waals surface area contributed by atoms with E-state index in [0.29, 0.717) is 12.6 Å². The number of nitrogens with zero attached hydrogens (tertiary/aromatic N) is 3. The van der Waals surface area contributed by atoms with Crippen molar-refractivity contribution in [3.05, 3.63) is 30.2 Å². The van der Waals surface area contributed by atoms with Crippen molar-refractivity contribution in [1.29, 1.82) is 0 Å². The molecule has 2 rings (SSSR count). The van der Waals surface area contributed by atoms with Crippen LogP contribution in [-0.4, -0.2) is 40.9 Å². The molecule has 0 bridgehead atoms. The van der Waals surface area contributed by atoms with Crippen LogP contribution in [0.25, 0.3) is 5.65 Å². The molecular weight excluding hydrogens is 216 g/mol. The van der Waals surface area contributed by atoms with Crippen LogP contribution in [0, 0.1) is 0 Å². The number of hydrogen-bond acceptors (Lipinski definition) is 4. The van der Waals surface area contributed by atoms with Crippen molar-refractivity contribution in [2.45, 2.75) is 19.4 Å². The molecule has 2 heterocycles. The molecule has 17 heavy (non-hydrogen) atoms. The normalized spacial score (nSPS) is 13.1. The van der Waals surface area contributed by atoms with E-state index >= 15 is 0 Å². The van der Waals surface area contributed by atoms with E-state index in [4.69, 9.17) is 4.74 Å². The topological polar surface area (TPSA) is 51.5 Å². The van der Waals surface area contributed by atoms with Crippen LogP contribution < -0.4 is 5.32 Å². The Bertz CT molecular complexity index is 462. The summed E-state index contributed by atoms with van der Waals surface area (Å²) in [7, 11) is 1.72. The van der Waals surface area contributed by atoms with Crippen LogP contribution in [0.2, 0.25) is 0 Å². The van der Waals surface area contributed by atoms with E-state index in [2.05, 4.69) is 22.3 Å². The molecular formula is C12H18N4O. The number of methoxy groups -OCH3 is 1. The molecule has 0 fully saturated rings. The van der Waals surface area contributed by atoms with Crippen LogP contribution in [0.1, 0.15) is 12.6 Å². The highest BCUT2D eigenvalue weighted by Crippen LogP contribution is 2.04. The molecule has 2 aromatic heterocycles. The number of ether oxygens (including phenoxy) is 1. The van der Waals surface area contributed by atoms with Crippen LogP contribution in [0.4, 0.5) is 0 Å². The van der Waals surface area contributed by atoms with E-state index in [1.807, 2.05) is 18.3 Å². The number of nitrogens with one attached hydrogen (secondary N) is 1. The van der Waals surface area contributed by atoms with E-state index in [9.17, 15) is 0 Å². The first-order valence-electron chi connectivity index (χ1n) is 5.85. The first-order valence-corrected chi connectivity index (χ1v) is 5.85. The summed E-state index contributed by atoms with van der Waals surface area (Å²) >= 11 is 0. The molecule has 1 unspecified atom stereocenters. The molecule has 5 heteroatoms. The van der Waals surface area contributed by atoms with Crippen LogP contribution in [0.5, 0.6) is 0 Å². The van der Waals surface area contributed by atoms with Crippen molar-refractivity contribution in [1.82, 2.24) is 19.9 Å². The summed E-state index contributed by atoms with van der Waals surface area (Å²) in [4.78, 5) is 4.54. The lowest BCUT2D eigenvalue weighted by Gasteiger charge is -2.16. The average Bonchev–Trinajstić information content (AvgIpc) is 2.77. The van der Waals surface area contributed by atoms with Crippen molar-refractivity contribution in [2.75, 3.05) is 20.3 Å². The van der Waals surface area contributed by atoms with Gasteiger partial charge in [0.15, 0.2) is 5.65 Å². The lowest BCUT2D eigenvalue weighted by atomic mass is 10.1. The highest BCUT2D eigenvalue weighted by molar-refractivity contribution is 5.36. The molecule has 0 saturated carbocycles. The second kappa shape index (κ2) is 5.75. The van der Waals surface area contributed by atoms with E-state index in [1.54, 1.807) is 17.8 Å². The molecule has 0 spiro atoms. The Labute approximate surface area is 101 Å². The molecule has 5 nitrogen and oxygen atoms in total. The molecule has 2 aromatic rings. The zero-order chi connectivity index (χ0) is 12.1.